The molecular formula is C26H25FN4O2. The molecule has 2 N–H and O–H groups in total. The monoisotopic (exact) mass is 444 g/mol. The van der Waals surface area contributed by atoms with E-state index in [2.05, 4.69) is 15.3 Å². The molecule has 0 aliphatic heterocycles. The molecule has 2 heterocycles. The van der Waals surface area contributed by atoms with E-state index in [9.17, 15) is 14.0 Å². The number of rotatable bonds is 7. The van der Waals surface area contributed by atoms with Gasteiger partial charge in [-0.05, 0) is 48.4 Å². The largest absolute Gasteiger partial charge is 0.358 e. The van der Waals surface area contributed by atoms with Gasteiger partial charge in [-0.15, -0.1) is 0 Å². The Kier molecular flexibility index (Phi) is 6.49. The number of nitrogens with zero attached hydrogens (tertiary/aromatic N) is 2. The highest BCUT2D eigenvalue weighted by Crippen LogP contribution is 2.23. The minimum Gasteiger partial charge on any atom is -0.358 e. The molecule has 0 saturated carbocycles. The lowest BCUT2D eigenvalue weighted by atomic mass is 10.0. The van der Waals surface area contributed by atoms with E-state index in [1.54, 1.807) is 37.5 Å². The molecule has 0 saturated heterocycles. The molecular weight excluding hydrogens is 419 g/mol. The lowest BCUT2D eigenvalue weighted by Crippen LogP contribution is -2.49. The Balaban J connectivity index is 1.57. The maximum absolute atomic E-state index is 13.8. The molecule has 0 aliphatic carbocycles. The van der Waals surface area contributed by atoms with E-state index in [4.69, 9.17) is 0 Å². The standard InChI is InChI=1S/C26H25FN4O2/c1-17-20(21-15-19(27)11-12-22(21)29-17)16-25(32)30-23(14-18-8-4-3-5-9-18)26(33)31(2)24-10-6-7-13-28-24/h3-13,15,23,29H,14,16H2,1-2H3,(H,30,32). The van der Waals surface area contributed by atoms with Gasteiger partial charge in [0.2, 0.25) is 5.91 Å². The first-order valence-electron chi connectivity index (χ1n) is 10.7. The van der Waals surface area contributed by atoms with Crippen LogP contribution >= 0.6 is 0 Å². The average molecular weight is 445 g/mol. The summed E-state index contributed by atoms with van der Waals surface area (Å²) in [6.45, 7) is 1.85. The third-order valence-corrected chi connectivity index (χ3v) is 5.66. The third kappa shape index (κ3) is 5.09. The van der Waals surface area contributed by atoms with Crippen molar-refractivity contribution in [1.82, 2.24) is 15.3 Å². The minimum atomic E-state index is -0.783. The van der Waals surface area contributed by atoms with Crippen LogP contribution in [0.3, 0.4) is 0 Å². The van der Waals surface area contributed by atoms with Crippen molar-refractivity contribution in [1.29, 1.82) is 0 Å². The van der Waals surface area contributed by atoms with Crippen LogP contribution in [0.1, 0.15) is 16.8 Å². The molecule has 4 aromatic rings. The van der Waals surface area contributed by atoms with Crippen molar-refractivity contribution >= 4 is 28.5 Å². The van der Waals surface area contributed by atoms with Crippen molar-refractivity contribution in [2.24, 2.45) is 0 Å². The molecule has 0 bridgehead atoms. The van der Waals surface area contributed by atoms with Gasteiger partial charge >= 0.3 is 0 Å². The Labute approximate surface area is 191 Å². The van der Waals surface area contributed by atoms with Crippen LogP contribution in [0.15, 0.2) is 72.9 Å². The van der Waals surface area contributed by atoms with Crippen LogP contribution in [0.4, 0.5) is 10.2 Å². The molecule has 2 amide bonds. The maximum Gasteiger partial charge on any atom is 0.250 e. The summed E-state index contributed by atoms with van der Waals surface area (Å²) < 4.78 is 13.8. The molecule has 2 aromatic heterocycles. The van der Waals surface area contributed by atoms with Gasteiger partial charge in [0.25, 0.3) is 5.91 Å². The number of amides is 2. The summed E-state index contributed by atoms with van der Waals surface area (Å²) in [5.74, 6) is -0.449. The number of halogens is 1. The Morgan fingerprint density at radius 1 is 1.09 bits per heavy atom. The zero-order valence-corrected chi connectivity index (χ0v) is 18.5. The van der Waals surface area contributed by atoms with Gasteiger partial charge < -0.3 is 10.3 Å². The Bertz CT molecular complexity index is 1270. The van der Waals surface area contributed by atoms with Gasteiger partial charge in [-0.1, -0.05) is 36.4 Å². The van der Waals surface area contributed by atoms with Gasteiger partial charge in [-0.25, -0.2) is 9.37 Å². The van der Waals surface area contributed by atoms with Gasteiger partial charge in [-0.3, -0.25) is 14.5 Å². The first-order chi connectivity index (χ1) is 15.9. The fraction of sp³-hybridized carbons (Fsp3) is 0.192. The van der Waals surface area contributed by atoms with Crippen LogP contribution < -0.4 is 10.2 Å². The summed E-state index contributed by atoms with van der Waals surface area (Å²) in [4.78, 5) is 35.2. The Hall–Kier alpha value is -4.00. The molecule has 0 radical (unpaired) electrons. The third-order valence-electron chi connectivity index (χ3n) is 5.66. The highest BCUT2D eigenvalue weighted by atomic mass is 19.1. The van der Waals surface area contributed by atoms with Crippen LogP contribution in [0.5, 0.6) is 0 Å². The Morgan fingerprint density at radius 2 is 1.85 bits per heavy atom. The van der Waals surface area contributed by atoms with E-state index in [0.717, 1.165) is 16.8 Å². The van der Waals surface area contributed by atoms with Gasteiger partial charge in [0.05, 0.1) is 6.42 Å². The number of aryl methyl sites for hydroxylation is 1. The molecule has 168 valence electrons. The number of hydrogen-bond donors (Lipinski definition) is 2. The molecule has 6 nitrogen and oxygen atoms in total. The minimum absolute atomic E-state index is 0.0289. The molecule has 1 unspecified atom stereocenters. The van der Waals surface area contributed by atoms with E-state index in [-0.39, 0.29) is 24.1 Å². The fourth-order valence-corrected chi connectivity index (χ4v) is 3.94. The maximum atomic E-state index is 13.8. The van der Waals surface area contributed by atoms with Crippen molar-refractivity contribution in [3.05, 3.63) is 95.6 Å². The topological polar surface area (TPSA) is 78.1 Å². The number of H-pyrrole nitrogens is 1. The molecule has 1 atom stereocenters. The predicted octanol–water partition coefficient (Wildman–Crippen LogP) is 3.94. The quantitative estimate of drug-likeness (QED) is 0.453. The number of anilines is 1. The fourth-order valence-electron chi connectivity index (χ4n) is 3.94. The summed E-state index contributed by atoms with van der Waals surface area (Å²) >= 11 is 0. The first kappa shape index (κ1) is 22.2. The summed E-state index contributed by atoms with van der Waals surface area (Å²) in [5.41, 5.74) is 3.20. The van der Waals surface area contributed by atoms with Crippen molar-refractivity contribution < 1.29 is 14.0 Å². The first-order valence-corrected chi connectivity index (χ1v) is 10.7. The highest BCUT2D eigenvalue weighted by Gasteiger charge is 2.26. The summed E-state index contributed by atoms with van der Waals surface area (Å²) in [6, 6.07) is 18.5. The van der Waals surface area contributed by atoms with Crippen molar-refractivity contribution in [2.45, 2.75) is 25.8 Å². The second-order valence-corrected chi connectivity index (χ2v) is 7.99. The Morgan fingerprint density at radius 3 is 2.58 bits per heavy atom. The van der Waals surface area contributed by atoms with Crippen LogP contribution in [0.2, 0.25) is 0 Å². The molecule has 33 heavy (non-hydrogen) atoms. The molecule has 2 aromatic carbocycles. The van der Waals surface area contributed by atoms with E-state index >= 15 is 0 Å². The lowest BCUT2D eigenvalue weighted by molar-refractivity contribution is -0.127. The van der Waals surface area contributed by atoms with E-state index in [0.29, 0.717) is 23.2 Å². The van der Waals surface area contributed by atoms with Crippen LogP contribution in [-0.4, -0.2) is 34.9 Å². The van der Waals surface area contributed by atoms with Gasteiger partial charge in [-0.2, -0.15) is 0 Å². The molecule has 0 spiro atoms. The van der Waals surface area contributed by atoms with E-state index < -0.39 is 6.04 Å². The summed E-state index contributed by atoms with van der Waals surface area (Å²) in [6.07, 6.45) is 1.98. The zero-order chi connectivity index (χ0) is 23.4. The predicted molar refractivity (Wildman–Crippen MR) is 126 cm³/mol. The van der Waals surface area contributed by atoms with Gasteiger partial charge in [0, 0.05) is 36.3 Å². The van der Waals surface area contributed by atoms with Crippen molar-refractivity contribution in [3.63, 3.8) is 0 Å². The van der Waals surface area contributed by atoms with E-state index in [1.807, 2.05) is 37.3 Å². The van der Waals surface area contributed by atoms with Gasteiger partial charge in [0.1, 0.15) is 17.7 Å². The normalized spacial score (nSPS) is 11.8. The summed E-state index contributed by atoms with van der Waals surface area (Å²) in [7, 11) is 1.64. The molecule has 7 heteroatoms. The number of aromatic nitrogens is 2. The number of carbonyl (C=O) groups excluding carboxylic acids is 2. The van der Waals surface area contributed by atoms with Crippen LogP contribution in [0.25, 0.3) is 10.9 Å². The number of fused-ring (bicyclic) bond motifs is 1. The number of aromatic amines is 1. The molecule has 0 fully saturated rings. The smallest absolute Gasteiger partial charge is 0.250 e. The number of hydrogen-bond acceptors (Lipinski definition) is 3. The zero-order valence-electron chi connectivity index (χ0n) is 18.5. The average Bonchev–Trinajstić information content (AvgIpc) is 3.13. The summed E-state index contributed by atoms with van der Waals surface area (Å²) in [5, 5.41) is 3.56. The van der Waals surface area contributed by atoms with Crippen LogP contribution in [-0.2, 0) is 22.4 Å². The van der Waals surface area contributed by atoms with Gasteiger partial charge in [0.15, 0.2) is 0 Å². The molecule has 4 rings (SSSR count). The number of pyridine rings is 1. The second kappa shape index (κ2) is 9.65. The number of carbonyl (C=O) groups is 2. The number of likely N-dealkylation sites (N-methyl/N-ethyl adjacent to an activating group) is 1. The highest BCUT2D eigenvalue weighted by molar-refractivity contribution is 5.99. The van der Waals surface area contributed by atoms with Crippen LogP contribution in [0, 0.1) is 12.7 Å². The lowest BCUT2D eigenvalue weighted by Gasteiger charge is -2.24. The van der Waals surface area contributed by atoms with E-state index in [1.165, 1.54) is 17.0 Å². The van der Waals surface area contributed by atoms with Crippen molar-refractivity contribution in [2.75, 3.05) is 11.9 Å². The molecule has 0 aliphatic rings. The number of nitrogens with one attached hydrogen (secondary N) is 2. The number of benzene rings is 2. The van der Waals surface area contributed by atoms with Crippen molar-refractivity contribution in [3.8, 4) is 0 Å². The second-order valence-electron chi connectivity index (χ2n) is 7.99. The SMILES string of the molecule is Cc1[nH]c2ccc(F)cc2c1CC(=O)NC(Cc1ccccc1)C(=O)N(C)c1ccccn1.